The van der Waals surface area contributed by atoms with E-state index < -0.39 is 5.60 Å². The summed E-state index contributed by atoms with van der Waals surface area (Å²) in [5.74, 6) is 0.935. The largest absolute Gasteiger partial charge is 0.480 e. The second kappa shape index (κ2) is 3.51. The van der Waals surface area contributed by atoms with Crippen LogP contribution in [-0.2, 0) is 5.60 Å². The molecule has 1 saturated carbocycles. The van der Waals surface area contributed by atoms with Gasteiger partial charge >= 0.3 is 0 Å². The molecule has 2 rings (SSSR count). The molecular weight excluding hydrogens is 198 g/mol. The van der Waals surface area contributed by atoms with E-state index >= 15 is 0 Å². The minimum atomic E-state index is -0.658. The molecule has 1 aliphatic carbocycles. The molecule has 3 nitrogen and oxygen atoms in total. The van der Waals surface area contributed by atoms with Gasteiger partial charge in [-0.05, 0) is 36.7 Å². The third-order valence-electron chi connectivity index (χ3n) is 3.13. The fourth-order valence-corrected chi connectivity index (χ4v) is 3.02. The van der Waals surface area contributed by atoms with Crippen molar-refractivity contribution in [2.45, 2.75) is 31.8 Å². The van der Waals surface area contributed by atoms with Gasteiger partial charge in [-0.2, -0.15) is 4.37 Å². The molecule has 0 radical (unpaired) electrons. The third-order valence-corrected chi connectivity index (χ3v) is 4.07. The molecule has 2 unspecified atom stereocenters. The average Bonchev–Trinajstić information content (AvgIpc) is 2.75. The van der Waals surface area contributed by atoms with Crippen LogP contribution in [0.1, 0.15) is 31.1 Å². The normalized spacial score (nSPS) is 32.1. The topological polar surface area (TPSA) is 42.4 Å². The monoisotopic (exact) mass is 213 g/mol. The Morgan fingerprint density at radius 2 is 2.50 bits per heavy atom. The molecule has 0 aromatic carbocycles. The minimum Gasteiger partial charge on any atom is -0.480 e. The van der Waals surface area contributed by atoms with E-state index in [4.69, 9.17) is 4.74 Å². The molecule has 1 N–H and O–H groups in total. The highest BCUT2D eigenvalue weighted by molar-refractivity contribution is 7.06. The first-order valence-electron chi connectivity index (χ1n) is 4.90. The summed E-state index contributed by atoms with van der Waals surface area (Å²) in [6, 6.07) is 1.85. The van der Waals surface area contributed by atoms with Crippen molar-refractivity contribution in [2.75, 3.05) is 7.11 Å². The van der Waals surface area contributed by atoms with Crippen molar-refractivity contribution in [1.29, 1.82) is 0 Å². The number of methoxy groups -OCH3 is 1. The zero-order chi connectivity index (χ0) is 10.2. The zero-order valence-corrected chi connectivity index (χ0v) is 9.30. The smallest absolute Gasteiger partial charge is 0.225 e. The van der Waals surface area contributed by atoms with E-state index in [-0.39, 0.29) is 0 Å². The molecule has 2 atom stereocenters. The van der Waals surface area contributed by atoms with E-state index in [9.17, 15) is 5.11 Å². The summed E-state index contributed by atoms with van der Waals surface area (Å²) < 4.78 is 9.14. The Labute approximate surface area is 87.9 Å². The van der Waals surface area contributed by atoms with E-state index in [0.29, 0.717) is 11.8 Å². The van der Waals surface area contributed by atoms with Gasteiger partial charge < -0.3 is 9.84 Å². The summed E-state index contributed by atoms with van der Waals surface area (Å²) in [6.45, 7) is 2.10. The molecule has 1 heterocycles. The number of rotatable bonds is 2. The quantitative estimate of drug-likeness (QED) is 0.818. The van der Waals surface area contributed by atoms with E-state index in [0.717, 1.165) is 24.1 Å². The SMILES string of the molecule is COc1cc(C2(O)CCCC2C)sn1. The van der Waals surface area contributed by atoms with Crippen LogP contribution in [0.15, 0.2) is 6.07 Å². The lowest BCUT2D eigenvalue weighted by molar-refractivity contribution is 0.00798. The van der Waals surface area contributed by atoms with Crippen molar-refractivity contribution in [3.63, 3.8) is 0 Å². The average molecular weight is 213 g/mol. The summed E-state index contributed by atoms with van der Waals surface area (Å²) in [5, 5.41) is 10.5. The Morgan fingerprint density at radius 3 is 3.00 bits per heavy atom. The van der Waals surface area contributed by atoms with Crippen LogP contribution in [-0.4, -0.2) is 16.6 Å². The van der Waals surface area contributed by atoms with Gasteiger partial charge in [-0.1, -0.05) is 6.92 Å². The maximum Gasteiger partial charge on any atom is 0.225 e. The summed E-state index contributed by atoms with van der Waals surface area (Å²) in [6.07, 6.45) is 3.04. The Bertz CT molecular complexity index is 326. The molecule has 0 aliphatic heterocycles. The first-order valence-corrected chi connectivity index (χ1v) is 5.67. The Kier molecular flexibility index (Phi) is 2.49. The first kappa shape index (κ1) is 9.93. The van der Waals surface area contributed by atoms with Gasteiger partial charge in [-0.25, -0.2) is 0 Å². The molecule has 0 saturated heterocycles. The summed E-state index contributed by atoms with van der Waals surface area (Å²) in [7, 11) is 1.60. The highest BCUT2D eigenvalue weighted by Gasteiger charge is 2.41. The Hall–Kier alpha value is -0.610. The van der Waals surface area contributed by atoms with Gasteiger partial charge in [0.05, 0.1) is 12.0 Å². The lowest BCUT2D eigenvalue weighted by Crippen LogP contribution is -2.26. The van der Waals surface area contributed by atoms with E-state index in [2.05, 4.69) is 11.3 Å². The highest BCUT2D eigenvalue weighted by Crippen LogP contribution is 2.45. The van der Waals surface area contributed by atoms with Crippen molar-refractivity contribution in [3.05, 3.63) is 10.9 Å². The standard InChI is InChI=1S/C10H15NO2S/c1-7-4-3-5-10(7,12)8-6-9(13-2)11-14-8/h6-7,12H,3-5H2,1-2H3. The van der Waals surface area contributed by atoms with E-state index in [1.165, 1.54) is 11.5 Å². The summed E-state index contributed by atoms with van der Waals surface area (Å²) in [4.78, 5) is 0.944. The molecule has 1 aromatic heterocycles. The first-order chi connectivity index (χ1) is 6.66. The summed E-state index contributed by atoms with van der Waals surface area (Å²) >= 11 is 1.35. The van der Waals surface area contributed by atoms with Gasteiger partial charge in [-0.15, -0.1) is 0 Å². The number of hydrogen-bond acceptors (Lipinski definition) is 4. The third kappa shape index (κ3) is 1.42. The predicted molar refractivity (Wildman–Crippen MR) is 55.6 cm³/mol. The fraction of sp³-hybridized carbons (Fsp3) is 0.700. The minimum absolute atomic E-state index is 0.327. The van der Waals surface area contributed by atoms with E-state index in [1.54, 1.807) is 7.11 Å². The van der Waals surface area contributed by atoms with Gasteiger partial charge in [0.2, 0.25) is 5.88 Å². The van der Waals surface area contributed by atoms with Crippen LogP contribution in [0.25, 0.3) is 0 Å². The zero-order valence-electron chi connectivity index (χ0n) is 8.49. The van der Waals surface area contributed by atoms with Crippen LogP contribution in [0, 0.1) is 5.92 Å². The van der Waals surface area contributed by atoms with Gasteiger partial charge in [0.1, 0.15) is 5.60 Å². The molecular formula is C10H15NO2S. The van der Waals surface area contributed by atoms with Gasteiger partial charge in [0.15, 0.2) is 0 Å². The van der Waals surface area contributed by atoms with Crippen LogP contribution in [0.5, 0.6) is 5.88 Å². The maximum atomic E-state index is 10.5. The van der Waals surface area contributed by atoms with Crippen molar-refractivity contribution >= 4 is 11.5 Å². The lowest BCUT2D eigenvalue weighted by atomic mass is 9.91. The number of aliphatic hydroxyl groups is 1. The fourth-order valence-electron chi connectivity index (χ4n) is 2.09. The molecule has 4 heteroatoms. The van der Waals surface area contributed by atoms with Crippen LogP contribution < -0.4 is 4.74 Å². The predicted octanol–water partition coefficient (Wildman–Crippen LogP) is 2.16. The van der Waals surface area contributed by atoms with Crippen LogP contribution in [0.3, 0.4) is 0 Å². The Balaban J connectivity index is 2.28. The molecule has 1 fully saturated rings. The van der Waals surface area contributed by atoms with Crippen LogP contribution in [0.2, 0.25) is 0 Å². The van der Waals surface area contributed by atoms with Crippen molar-refractivity contribution in [3.8, 4) is 5.88 Å². The molecule has 78 valence electrons. The molecule has 0 spiro atoms. The lowest BCUT2D eigenvalue weighted by Gasteiger charge is -2.25. The van der Waals surface area contributed by atoms with Crippen molar-refractivity contribution < 1.29 is 9.84 Å². The summed E-state index contributed by atoms with van der Waals surface area (Å²) in [5.41, 5.74) is -0.658. The molecule has 1 aromatic rings. The second-order valence-corrected chi connectivity index (χ2v) is 4.76. The highest BCUT2D eigenvalue weighted by atomic mass is 32.1. The molecule has 0 bridgehead atoms. The van der Waals surface area contributed by atoms with Gasteiger partial charge in [0, 0.05) is 6.07 Å². The van der Waals surface area contributed by atoms with Gasteiger partial charge in [0.25, 0.3) is 0 Å². The number of nitrogens with zero attached hydrogens (tertiary/aromatic N) is 1. The number of ether oxygens (including phenoxy) is 1. The van der Waals surface area contributed by atoms with E-state index in [1.807, 2.05) is 6.07 Å². The maximum absolute atomic E-state index is 10.5. The second-order valence-electron chi connectivity index (χ2n) is 3.95. The van der Waals surface area contributed by atoms with Crippen LogP contribution in [0.4, 0.5) is 0 Å². The van der Waals surface area contributed by atoms with Crippen molar-refractivity contribution in [2.24, 2.45) is 5.92 Å². The van der Waals surface area contributed by atoms with Crippen molar-refractivity contribution in [1.82, 2.24) is 4.37 Å². The Morgan fingerprint density at radius 1 is 1.71 bits per heavy atom. The van der Waals surface area contributed by atoms with Gasteiger partial charge in [-0.3, -0.25) is 0 Å². The van der Waals surface area contributed by atoms with Crippen LogP contribution >= 0.6 is 11.5 Å². The number of hydrogen-bond donors (Lipinski definition) is 1. The molecule has 1 aliphatic rings. The molecule has 0 amide bonds. The molecule has 14 heavy (non-hydrogen) atoms. The number of aromatic nitrogens is 1.